The minimum atomic E-state index is -0.783. The molecular formula is C23H22O2. The molecule has 0 aliphatic carbocycles. The van der Waals surface area contributed by atoms with Crippen LogP contribution in [0.1, 0.15) is 23.6 Å². The fourth-order valence-corrected chi connectivity index (χ4v) is 2.98. The Morgan fingerprint density at radius 2 is 1.08 bits per heavy atom. The number of rotatable bonds is 6. The van der Waals surface area contributed by atoms with Crippen LogP contribution >= 0.6 is 0 Å². The van der Waals surface area contributed by atoms with Crippen LogP contribution in [0.2, 0.25) is 0 Å². The molecule has 0 aliphatic heterocycles. The second-order valence-corrected chi connectivity index (χ2v) is 5.97. The van der Waals surface area contributed by atoms with Crippen LogP contribution in [0.25, 0.3) is 0 Å². The molecule has 126 valence electrons. The summed E-state index contributed by atoms with van der Waals surface area (Å²) >= 11 is 0. The van der Waals surface area contributed by atoms with Gasteiger partial charge in [-0.2, -0.15) is 0 Å². The Morgan fingerprint density at radius 1 is 0.720 bits per heavy atom. The molecule has 0 amide bonds. The van der Waals surface area contributed by atoms with Crippen LogP contribution in [0.15, 0.2) is 103 Å². The lowest BCUT2D eigenvalue weighted by Crippen LogP contribution is -2.31. The number of hydrogen-bond acceptors (Lipinski definition) is 2. The smallest absolute Gasteiger partial charge is 0.183 e. The number of hydrogen-bond donors (Lipinski definition) is 1. The highest BCUT2D eigenvalue weighted by molar-refractivity contribution is 5.47. The first-order valence-electron chi connectivity index (χ1n) is 8.42. The van der Waals surface area contributed by atoms with E-state index in [1.165, 1.54) is 0 Å². The van der Waals surface area contributed by atoms with Crippen molar-refractivity contribution in [2.24, 2.45) is 0 Å². The lowest BCUT2D eigenvalue weighted by atomic mass is 9.80. The van der Waals surface area contributed by atoms with Gasteiger partial charge in [0.05, 0.1) is 12.4 Å². The molecule has 0 radical (unpaired) electrons. The molecule has 0 unspecified atom stereocenters. The maximum Gasteiger partial charge on any atom is 0.183 e. The highest BCUT2D eigenvalue weighted by atomic mass is 16.5. The topological polar surface area (TPSA) is 29.5 Å². The van der Waals surface area contributed by atoms with Gasteiger partial charge in [0.2, 0.25) is 0 Å². The molecule has 0 bridgehead atoms. The molecule has 3 aromatic carbocycles. The van der Waals surface area contributed by atoms with E-state index in [2.05, 4.69) is 36.4 Å². The third kappa shape index (κ3) is 3.65. The van der Waals surface area contributed by atoms with Gasteiger partial charge in [-0.1, -0.05) is 91.0 Å². The van der Waals surface area contributed by atoms with E-state index >= 15 is 0 Å². The third-order valence-corrected chi connectivity index (χ3v) is 4.14. The Kier molecular flexibility index (Phi) is 5.32. The van der Waals surface area contributed by atoms with E-state index in [4.69, 9.17) is 4.74 Å². The van der Waals surface area contributed by atoms with Crippen molar-refractivity contribution >= 4 is 0 Å². The number of aliphatic hydroxyl groups is 1. The second kappa shape index (κ2) is 7.82. The van der Waals surface area contributed by atoms with Crippen molar-refractivity contribution in [1.82, 2.24) is 0 Å². The highest BCUT2D eigenvalue weighted by Gasteiger charge is 2.37. The Balaban J connectivity index is 2.24. The van der Waals surface area contributed by atoms with Crippen LogP contribution in [0.5, 0.6) is 0 Å². The van der Waals surface area contributed by atoms with E-state index in [9.17, 15) is 5.11 Å². The minimum absolute atomic E-state index is 0.569. The van der Waals surface area contributed by atoms with E-state index in [-0.39, 0.29) is 0 Å². The van der Waals surface area contributed by atoms with Gasteiger partial charge < -0.3 is 9.84 Å². The summed E-state index contributed by atoms with van der Waals surface area (Å²) < 4.78 is 6.36. The largest absolute Gasteiger partial charge is 0.481 e. The van der Waals surface area contributed by atoms with Gasteiger partial charge in [0.15, 0.2) is 5.60 Å². The van der Waals surface area contributed by atoms with E-state index in [1.54, 1.807) is 19.3 Å². The fourth-order valence-electron chi connectivity index (χ4n) is 2.98. The van der Waals surface area contributed by atoms with Gasteiger partial charge >= 0.3 is 0 Å². The summed E-state index contributed by atoms with van der Waals surface area (Å²) in [6.07, 6.45) is 2.67. The SMILES string of the molecule is C[C@H](O)C=COC(c1ccccc1)(c1ccccc1)c1ccccc1. The van der Waals surface area contributed by atoms with Crippen molar-refractivity contribution in [1.29, 1.82) is 0 Å². The maximum absolute atomic E-state index is 9.59. The summed E-state index contributed by atoms with van der Waals surface area (Å²) in [5, 5.41) is 9.59. The normalized spacial score (nSPS) is 12.9. The highest BCUT2D eigenvalue weighted by Crippen LogP contribution is 2.40. The molecule has 3 rings (SSSR count). The summed E-state index contributed by atoms with van der Waals surface area (Å²) in [6.45, 7) is 1.70. The van der Waals surface area contributed by atoms with Gasteiger partial charge in [0.25, 0.3) is 0 Å². The maximum atomic E-state index is 9.59. The molecule has 25 heavy (non-hydrogen) atoms. The third-order valence-electron chi connectivity index (χ3n) is 4.14. The minimum Gasteiger partial charge on any atom is -0.481 e. The van der Waals surface area contributed by atoms with Crippen LogP contribution < -0.4 is 0 Å². The summed E-state index contributed by atoms with van der Waals surface area (Å²) in [7, 11) is 0. The van der Waals surface area contributed by atoms with Crippen LogP contribution in [0.3, 0.4) is 0 Å². The number of benzene rings is 3. The fraction of sp³-hybridized carbons (Fsp3) is 0.130. The Hall–Kier alpha value is -2.84. The Morgan fingerprint density at radius 3 is 1.40 bits per heavy atom. The van der Waals surface area contributed by atoms with Gasteiger partial charge in [-0.15, -0.1) is 0 Å². The van der Waals surface area contributed by atoms with Crippen molar-refractivity contribution in [3.8, 4) is 0 Å². The molecule has 0 heterocycles. The molecular weight excluding hydrogens is 308 g/mol. The van der Waals surface area contributed by atoms with Gasteiger partial charge in [-0.3, -0.25) is 0 Å². The van der Waals surface area contributed by atoms with Gasteiger partial charge in [-0.05, 0) is 13.0 Å². The van der Waals surface area contributed by atoms with E-state index in [0.29, 0.717) is 0 Å². The van der Waals surface area contributed by atoms with E-state index in [1.807, 2.05) is 54.6 Å². The second-order valence-electron chi connectivity index (χ2n) is 5.97. The van der Waals surface area contributed by atoms with Crippen molar-refractivity contribution in [3.63, 3.8) is 0 Å². The summed E-state index contributed by atoms with van der Waals surface area (Å²) in [6, 6.07) is 30.5. The number of ether oxygens (including phenoxy) is 1. The lowest BCUT2D eigenvalue weighted by molar-refractivity contribution is 0.0946. The first-order valence-corrected chi connectivity index (χ1v) is 8.42. The molecule has 1 atom stereocenters. The van der Waals surface area contributed by atoms with Crippen molar-refractivity contribution < 1.29 is 9.84 Å². The summed E-state index contributed by atoms with van der Waals surface area (Å²) in [5.41, 5.74) is 2.31. The van der Waals surface area contributed by atoms with Gasteiger partial charge in [0, 0.05) is 16.7 Å². The average Bonchev–Trinajstić information content (AvgIpc) is 2.67. The zero-order chi connectivity index (χ0) is 17.5. The zero-order valence-corrected chi connectivity index (χ0v) is 14.2. The molecule has 1 N–H and O–H groups in total. The summed E-state index contributed by atoms with van der Waals surface area (Å²) in [4.78, 5) is 0. The van der Waals surface area contributed by atoms with Crippen LogP contribution in [0, 0.1) is 0 Å². The van der Waals surface area contributed by atoms with Crippen LogP contribution in [-0.2, 0) is 10.3 Å². The van der Waals surface area contributed by atoms with Crippen LogP contribution in [-0.4, -0.2) is 11.2 Å². The molecule has 0 spiro atoms. The zero-order valence-electron chi connectivity index (χ0n) is 14.2. The Labute approximate surface area is 149 Å². The summed E-state index contributed by atoms with van der Waals surface area (Å²) in [5.74, 6) is 0. The van der Waals surface area contributed by atoms with Crippen molar-refractivity contribution in [2.75, 3.05) is 0 Å². The molecule has 0 saturated carbocycles. The molecule has 0 saturated heterocycles. The molecule has 2 nitrogen and oxygen atoms in total. The molecule has 2 heteroatoms. The molecule has 0 aromatic heterocycles. The monoisotopic (exact) mass is 330 g/mol. The standard InChI is InChI=1S/C23H22O2/c1-19(24)17-18-25-23(20-11-5-2-6-12-20,21-13-7-3-8-14-21)22-15-9-4-10-16-22/h2-19,24H,1H3/t19-/m0/s1. The molecule has 3 aromatic rings. The van der Waals surface area contributed by atoms with Gasteiger partial charge in [0.1, 0.15) is 0 Å². The first kappa shape index (κ1) is 17.0. The lowest BCUT2D eigenvalue weighted by Gasteiger charge is -2.35. The predicted octanol–water partition coefficient (Wildman–Crippen LogP) is 4.89. The first-order chi connectivity index (χ1) is 12.2. The average molecular weight is 330 g/mol. The van der Waals surface area contributed by atoms with Crippen molar-refractivity contribution in [3.05, 3.63) is 120 Å². The quantitative estimate of drug-likeness (QED) is 0.515. The van der Waals surface area contributed by atoms with Crippen molar-refractivity contribution in [2.45, 2.75) is 18.6 Å². The van der Waals surface area contributed by atoms with Crippen LogP contribution in [0.4, 0.5) is 0 Å². The predicted molar refractivity (Wildman–Crippen MR) is 101 cm³/mol. The van der Waals surface area contributed by atoms with Gasteiger partial charge in [-0.25, -0.2) is 0 Å². The van der Waals surface area contributed by atoms with E-state index in [0.717, 1.165) is 16.7 Å². The number of aliphatic hydroxyl groups excluding tert-OH is 1. The molecule has 0 aliphatic rings. The molecule has 0 fully saturated rings. The Bertz CT molecular complexity index is 697. The van der Waals surface area contributed by atoms with E-state index < -0.39 is 11.7 Å².